The second-order valence-electron chi connectivity index (χ2n) is 5.28. The van der Waals surface area contributed by atoms with Crippen LogP contribution in [0.5, 0.6) is 0 Å². The summed E-state index contributed by atoms with van der Waals surface area (Å²) in [6.07, 6.45) is 6.68. The van der Waals surface area contributed by atoms with Crippen LogP contribution < -0.4 is 5.32 Å². The molecule has 0 saturated heterocycles. The van der Waals surface area contributed by atoms with Gasteiger partial charge >= 0.3 is 0 Å². The Kier molecular flexibility index (Phi) is 8.51. The first-order valence-corrected chi connectivity index (χ1v) is 7.31. The number of halogens is 2. The SMILES string of the molecule is CCCC1CCCC(NCCOCC(F)F)CC1. The number of alkyl halides is 2. The van der Waals surface area contributed by atoms with E-state index < -0.39 is 13.0 Å². The van der Waals surface area contributed by atoms with Crippen molar-refractivity contribution in [1.82, 2.24) is 5.32 Å². The van der Waals surface area contributed by atoms with Crippen LogP contribution in [0.25, 0.3) is 0 Å². The van der Waals surface area contributed by atoms with E-state index in [9.17, 15) is 8.78 Å². The van der Waals surface area contributed by atoms with Crippen LogP contribution in [-0.2, 0) is 4.74 Å². The van der Waals surface area contributed by atoms with Crippen molar-refractivity contribution in [2.45, 2.75) is 64.3 Å². The molecular formula is C14H27F2NO. The first-order chi connectivity index (χ1) is 8.72. The molecule has 4 heteroatoms. The Morgan fingerprint density at radius 3 is 2.78 bits per heavy atom. The van der Waals surface area contributed by atoms with E-state index in [1.165, 1.54) is 44.9 Å². The lowest BCUT2D eigenvalue weighted by atomic mass is 9.95. The van der Waals surface area contributed by atoms with Gasteiger partial charge in [-0.05, 0) is 25.2 Å². The molecular weight excluding hydrogens is 236 g/mol. The van der Waals surface area contributed by atoms with Gasteiger partial charge in [-0.1, -0.05) is 32.6 Å². The number of hydrogen-bond acceptors (Lipinski definition) is 2. The van der Waals surface area contributed by atoms with E-state index in [1.807, 2.05) is 0 Å². The van der Waals surface area contributed by atoms with E-state index >= 15 is 0 Å². The predicted molar refractivity (Wildman–Crippen MR) is 70.1 cm³/mol. The summed E-state index contributed by atoms with van der Waals surface area (Å²) < 4.78 is 28.5. The smallest absolute Gasteiger partial charge is 0.261 e. The summed E-state index contributed by atoms with van der Waals surface area (Å²) in [5.74, 6) is 0.900. The summed E-state index contributed by atoms with van der Waals surface area (Å²) in [5.41, 5.74) is 0. The third-order valence-corrected chi connectivity index (χ3v) is 3.71. The lowest BCUT2D eigenvalue weighted by Crippen LogP contribution is -2.31. The second-order valence-corrected chi connectivity index (χ2v) is 5.28. The maximum atomic E-state index is 11.8. The van der Waals surface area contributed by atoms with E-state index in [0.29, 0.717) is 19.2 Å². The van der Waals surface area contributed by atoms with E-state index in [4.69, 9.17) is 4.74 Å². The number of ether oxygens (including phenoxy) is 1. The van der Waals surface area contributed by atoms with Crippen molar-refractivity contribution >= 4 is 0 Å². The minimum atomic E-state index is -2.35. The zero-order valence-electron chi connectivity index (χ0n) is 11.5. The maximum absolute atomic E-state index is 11.8. The molecule has 0 aromatic carbocycles. The summed E-state index contributed by atoms with van der Waals surface area (Å²) >= 11 is 0. The zero-order valence-corrected chi connectivity index (χ0v) is 11.5. The summed E-state index contributed by atoms with van der Waals surface area (Å²) in [4.78, 5) is 0. The molecule has 0 heterocycles. The molecule has 18 heavy (non-hydrogen) atoms. The maximum Gasteiger partial charge on any atom is 0.261 e. The molecule has 0 amide bonds. The molecule has 2 unspecified atom stereocenters. The van der Waals surface area contributed by atoms with Crippen molar-refractivity contribution in [3.63, 3.8) is 0 Å². The number of hydrogen-bond donors (Lipinski definition) is 1. The van der Waals surface area contributed by atoms with Crippen LogP contribution in [-0.4, -0.2) is 32.2 Å². The fourth-order valence-corrected chi connectivity index (χ4v) is 2.79. The van der Waals surface area contributed by atoms with Gasteiger partial charge in [-0.15, -0.1) is 0 Å². The lowest BCUT2D eigenvalue weighted by Gasteiger charge is -2.16. The molecule has 2 atom stereocenters. The van der Waals surface area contributed by atoms with Crippen molar-refractivity contribution in [3.05, 3.63) is 0 Å². The fraction of sp³-hybridized carbons (Fsp3) is 1.00. The topological polar surface area (TPSA) is 21.3 Å². The minimum absolute atomic E-state index is 0.388. The van der Waals surface area contributed by atoms with E-state index in [2.05, 4.69) is 12.2 Å². The van der Waals surface area contributed by atoms with Gasteiger partial charge in [0, 0.05) is 12.6 Å². The van der Waals surface area contributed by atoms with Crippen LogP contribution in [0.2, 0.25) is 0 Å². The summed E-state index contributed by atoms with van der Waals surface area (Å²) in [6, 6.07) is 0.557. The van der Waals surface area contributed by atoms with Gasteiger partial charge in [-0.3, -0.25) is 0 Å². The average Bonchev–Trinajstić information content (AvgIpc) is 2.55. The molecule has 0 spiro atoms. The monoisotopic (exact) mass is 263 g/mol. The number of nitrogens with one attached hydrogen (secondary N) is 1. The molecule has 0 aromatic rings. The highest BCUT2D eigenvalue weighted by atomic mass is 19.3. The summed E-state index contributed by atoms with van der Waals surface area (Å²) in [5, 5.41) is 3.43. The molecule has 1 fully saturated rings. The zero-order chi connectivity index (χ0) is 13.2. The largest absolute Gasteiger partial charge is 0.374 e. The van der Waals surface area contributed by atoms with Gasteiger partial charge in [0.15, 0.2) is 0 Å². The van der Waals surface area contributed by atoms with Gasteiger partial charge in [-0.2, -0.15) is 0 Å². The summed E-state index contributed by atoms with van der Waals surface area (Å²) in [6.45, 7) is 2.89. The van der Waals surface area contributed by atoms with Crippen LogP contribution in [0.1, 0.15) is 51.9 Å². The molecule has 0 aliphatic heterocycles. The third-order valence-electron chi connectivity index (χ3n) is 3.71. The molecule has 0 radical (unpaired) electrons. The normalized spacial score (nSPS) is 25.3. The van der Waals surface area contributed by atoms with Crippen molar-refractivity contribution in [2.24, 2.45) is 5.92 Å². The van der Waals surface area contributed by atoms with Crippen LogP contribution in [0.3, 0.4) is 0 Å². The standard InChI is InChI=1S/C14H27F2NO/c1-2-4-12-5-3-6-13(8-7-12)17-9-10-18-11-14(15)16/h12-14,17H,2-11H2,1H3. The van der Waals surface area contributed by atoms with Gasteiger partial charge in [0.1, 0.15) is 6.61 Å². The molecule has 1 saturated carbocycles. The molecule has 0 bridgehead atoms. The van der Waals surface area contributed by atoms with Gasteiger partial charge in [0.2, 0.25) is 0 Å². The van der Waals surface area contributed by atoms with E-state index in [1.54, 1.807) is 0 Å². The minimum Gasteiger partial charge on any atom is -0.374 e. The molecule has 1 N–H and O–H groups in total. The Morgan fingerprint density at radius 2 is 2.06 bits per heavy atom. The highest BCUT2D eigenvalue weighted by molar-refractivity contribution is 4.74. The van der Waals surface area contributed by atoms with E-state index in [0.717, 1.165) is 5.92 Å². The van der Waals surface area contributed by atoms with Gasteiger partial charge in [0.25, 0.3) is 6.43 Å². The average molecular weight is 263 g/mol. The quantitative estimate of drug-likeness (QED) is 0.533. The Morgan fingerprint density at radius 1 is 1.22 bits per heavy atom. The fourth-order valence-electron chi connectivity index (χ4n) is 2.79. The predicted octanol–water partition coefficient (Wildman–Crippen LogP) is 3.61. The molecule has 1 rings (SSSR count). The lowest BCUT2D eigenvalue weighted by molar-refractivity contribution is 0.0181. The van der Waals surface area contributed by atoms with Crippen LogP contribution in [0.15, 0.2) is 0 Å². The Labute approximate surface area is 109 Å². The highest BCUT2D eigenvalue weighted by Crippen LogP contribution is 2.26. The molecule has 1 aliphatic carbocycles. The van der Waals surface area contributed by atoms with Crippen LogP contribution in [0, 0.1) is 5.92 Å². The van der Waals surface area contributed by atoms with Gasteiger partial charge in [0.05, 0.1) is 6.61 Å². The highest BCUT2D eigenvalue weighted by Gasteiger charge is 2.17. The molecule has 0 aromatic heterocycles. The first-order valence-electron chi connectivity index (χ1n) is 7.31. The van der Waals surface area contributed by atoms with Gasteiger partial charge < -0.3 is 10.1 Å². The number of rotatable bonds is 8. The Bertz CT molecular complexity index is 202. The van der Waals surface area contributed by atoms with Crippen LogP contribution >= 0.6 is 0 Å². The summed E-state index contributed by atoms with van der Waals surface area (Å²) in [7, 11) is 0. The van der Waals surface area contributed by atoms with Gasteiger partial charge in [-0.25, -0.2) is 8.78 Å². The second kappa shape index (κ2) is 9.68. The van der Waals surface area contributed by atoms with E-state index in [-0.39, 0.29) is 0 Å². The Balaban J connectivity index is 2.04. The third kappa shape index (κ3) is 7.27. The van der Waals surface area contributed by atoms with Crippen molar-refractivity contribution < 1.29 is 13.5 Å². The molecule has 1 aliphatic rings. The van der Waals surface area contributed by atoms with Crippen molar-refractivity contribution in [2.75, 3.05) is 19.8 Å². The van der Waals surface area contributed by atoms with Crippen molar-refractivity contribution in [3.8, 4) is 0 Å². The molecule has 2 nitrogen and oxygen atoms in total. The van der Waals surface area contributed by atoms with Crippen LogP contribution in [0.4, 0.5) is 8.78 Å². The first kappa shape index (κ1) is 15.8. The molecule has 108 valence electrons. The van der Waals surface area contributed by atoms with Crippen molar-refractivity contribution in [1.29, 1.82) is 0 Å². The Hall–Kier alpha value is -0.220.